The van der Waals surface area contributed by atoms with Gasteiger partial charge < -0.3 is 5.32 Å². The lowest BCUT2D eigenvalue weighted by atomic mass is 10.0. The van der Waals surface area contributed by atoms with Crippen molar-refractivity contribution in [1.29, 1.82) is 0 Å². The van der Waals surface area contributed by atoms with Crippen LogP contribution < -0.4 is 10.0 Å². The second kappa shape index (κ2) is 8.36. The van der Waals surface area contributed by atoms with Crippen LogP contribution in [0.2, 0.25) is 5.02 Å². The summed E-state index contributed by atoms with van der Waals surface area (Å²) >= 11 is 5.72. The maximum atomic E-state index is 12.0. The van der Waals surface area contributed by atoms with Gasteiger partial charge >= 0.3 is 0 Å². The average molecular weight is 333 g/mol. The molecule has 0 spiro atoms. The van der Waals surface area contributed by atoms with Crippen LogP contribution in [0.1, 0.15) is 26.7 Å². The Morgan fingerprint density at radius 3 is 2.24 bits per heavy atom. The third-order valence-electron chi connectivity index (χ3n) is 3.20. The summed E-state index contributed by atoms with van der Waals surface area (Å²) in [6.45, 7) is 4.33. The largest absolute Gasteiger partial charge is 0.355 e. The van der Waals surface area contributed by atoms with Crippen LogP contribution in [0.15, 0.2) is 29.2 Å². The minimum absolute atomic E-state index is 0.0159. The molecule has 0 saturated heterocycles. The van der Waals surface area contributed by atoms with Crippen LogP contribution in [-0.2, 0) is 14.8 Å². The Balaban J connectivity index is 2.45. The van der Waals surface area contributed by atoms with Gasteiger partial charge in [-0.1, -0.05) is 25.4 Å². The van der Waals surface area contributed by atoms with Crippen molar-refractivity contribution in [3.8, 4) is 0 Å². The first kappa shape index (κ1) is 17.9. The predicted octanol–water partition coefficient (Wildman–Crippen LogP) is 2.17. The Hall–Kier alpha value is -1.11. The Kier molecular flexibility index (Phi) is 7.14. The summed E-state index contributed by atoms with van der Waals surface area (Å²) in [7, 11) is -3.57. The lowest BCUT2D eigenvalue weighted by Gasteiger charge is -2.13. The summed E-state index contributed by atoms with van der Waals surface area (Å²) in [5.74, 6) is -0.0523. The zero-order valence-electron chi connectivity index (χ0n) is 12.2. The number of benzene rings is 1. The molecule has 5 nitrogen and oxygen atoms in total. The summed E-state index contributed by atoms with van der Waals surface area (Å²) < 4.78 is 26.4. The molecule has 1 rings (SSSR count). The second-order valence-corrected chi connectivity index (χ2v) is 6.86. The lowest BCUT2D eigenvalue weighted by molar-refractivity contribution is -0.125. The van der Waals surface area contributed by atoms with Crippen LogP contribution >= 0.6 is 11.6 Å². The Morgan fingerprint density at radius 1 is 1.14 bits per heavy atom. The van der Waals surface area contributed by atoms with Crippen molar-refractivity contribution >= 4 is 27.5 Å². The number of hydrogen-bond donors (Lipinski definition) is 2. The number of carbonyl (C=O) groups excluding carboxylic acids is 1. The molecule has 0 aliphatic heterocycles. The molecule has 1 aromatic carbocycles. The summed E-state index contributed by atoms with van der Waals surface area (Å²) in [6.07, 6.45) is 1.55. The Bertz CT molecular complexity index is 554. The SMILES string of the molecule is CCC(CC)C(=O)NCCNS(=O)(=O)c1ccc(Cl)cc1. The molecule has 0 fully saturated rings. The van der Waals surface area contributed by atoms with Gasteiger partial charge in [0, 0.05) is 24.0 Å². The highest BCUT2D eigenvalue weighted by atomic mass is 35.5. The van der Waals surface area contributed by atoms with Crippen molar-refractivity contribution in [3.63, 3.8) is 0 Å². The van der Waals surface area contributed by atoms with Gasteiger partial charge in [-0.15, -0.1) is 0 Å². The average Bonchev–Trinajstić information content (AvgIpc) is 2.45. The third-order valence-corrected chi connectivity index (χ3v) is 4.93. The van der Waals surface area contributed by atoms with Gasteiger partial charge in [0.2, 0.25) is 15.9 Å². The van der Waals surface area contributed by atoms with E-state index < -0.39 is 10.0 Å². The van der Waals surface area contributed by atoms with E-state index in [0.717, 1.165) is 12.8 Å². The minimum Gasteiger partial charge on any atom is -0.355 e. The van der Waals surface area contributed by atoms with Gasteiger partial charge in [-0.05, 0) is 37.1 Å². The molecule has 0 atom stereocenters. The quantitative estimate of drug-likeness (QED) is 0.716. The molecule has 0 saturated carbocycles. The zero-order chi connectivity index (χ0) is 15.9. The van der Waals surface area contributed by atoms with Crippen molar-refractivity contribution in [2.45, 2.75) is 31.6 Å². The van der Waals surface area contributed by atoms with Crippen molar-refractivity contribution in [2.24, 2.45) is 5.92 Å². The molecule has 118 valence electrons. The molecule has 1 amide bonds. The summed E-state index contributed by atoms with van der Waals surface area (Å²) in [5.41, 5.74) is 0. The second-order valence-electron chi connectivity index (χ2n) is 4.66. The molecule has 0 bridgehead atoms. The van der Waals surface area contributed by atoms with Crippen LogP contribution in [0.25, 0.3) is 0 Å². The van der Waals surface area contributed by atoms with E-state index >= 15 is 0 Å². The van der Waals surface area contributed by atoms with Crippen LogP contribution in [0.4, 0.5) is 0 Å². The molecule has 0 unspecified atom stereocenters. The normalized spacial score (nSPS) is 11.6. The van der Waals surface area contributed by atoms with Gasteiger partial charge in [0.05, 0.1) is 4.90 Å². The van der Waals surface area contributed by atoms with E-state index in [0.29, 0.717) is 5.02 Å². The van der Waals surface area contributed by atoms with E-state index in [1.165, 1.54) is 24.3 Å². The molecule has 0 aliphatic rings. The highest BCUT2D eigenvalue weighted by molar-refractivity contribution is 7.89. The smallest absolute Gasteiger partial charge is 0.240 e. The molecular weight excluding hydrogens is 312 g/mol. The van der Waals surface area contributed by atoms with Crippen molar-refractivity contribution in [3.05, 3.63) is 29.3 Å². The first-order chi connectivity index (χ1) is 9.90. The lowest BCUT2D eigenvalue weighted by Crippen LogP contribution is -2.37. The van der Waals surface area contributed by atoms with E-state index in [4.69, 9.17) is 11.6 Å². The molecule has 7 heteroatoms. The fourth-order valence-corrected chi connectivity index (χ4v) is 3.03. The van der Waals surface area contributed by atoms with Crippen molar-refractivity contribution < 1.29 is 13.2 Å². The summed E-state index contributed by atoms with van der Waals surface area (Å²) in [6, 6.07) is 5.91. The number of sulfonamides is 1. The van der Waals surface area contributed by atoms with Crippen molar-refractivity contribution in [2.75, 3.05) is 13.1 Å². The van der Waals surface area contributed by atoms with E-state index in [1.54, 1.807) is 0 Å². The van der Waals surface area contributed by atoms with E-state index in [-0.39, 0.29) is 29.8 Å². The fraction of sp³-hybridized carbons (Fsp3) is 0.500. The number of hydrogen-bond acceptors (Lipinski definition) is 3. The van der Waals surface area contributed by atoms with Crippen LogP contribution in [0, 0.1) is 5.92 Å². The Labute approximate surface area is 131 Å². The number of nitrogens with one attached hydrogen (secondary N) is 2. The highest BCUT2D eigenvalue weighted by Gasteiger charge is 2.15. The maximum Gasteiger partial charge on any atom is 0.240 e. The van der Waals surface area contributed by atoms with E-state index in [1.807, 2.05) is 13.8 Å². The fourth-order valence-electron chi connectivity index (χ4n) is 1.87. The molecule has 0 heterocycles. The first-order valence-corrected chi connectivity index (χ1v) is 8.79. The van der Waals surface area contributed by atoms with Gasteiger partial charge in [-0.25, -0.2) is 13.1 Å². The van der Waals surface area contributed by atoms with Gasteiger partial charge in [0.15, 0.2) is 0 Å². The van der Waals surface area contributed by atoms with Gasteiger partial charge in [-0.2, -0.15) is 0 Å². The minimum atomic E-state index is -3.57. The van der Waals surface area contributed by atoms with Crippen LogP contribution in [0.5, 0.6) is 0 Å². The number of amides is 1. The summed E-state index contributed by atoms with van der Waals surface area (Å²) in [5, 5.41) is 3.21. The number of halogens is 1. The Morgan fingerprint density at radius 2 is 1.71 bits per heavy atom. The van der Waals surface area contributed by atoms with E-state index in [2.05, 4.69) is 10.0 Å². The molecule has 0 aliphatic carbocycles. The maximum absolute atomic E-state index is 12.0. The molecule has 0 aromatic heterocycles. The molecule has 2 N–H and O–H groups in total. The van der Waals surface area contributed by atoms with Gasteiger partial charge in [-0.3, -0.25) is 4.79 Å². The molecule has 1 aromatic rings. The van der Waals surface area contributed by atoms with Crippen LogP contribution in [-0.4, -0.2) is 27.4 Å². The van der Waals surface area contributed by atoms with Gasteiger partial charge in [0.25, 0.3) is 0 Å². The highest BCUT2D eigenvalue weighted by Crippen LogP contribution is 2.13. The van der Waals surface area contributed by atoms with Crippen molar-refractivity contribution in [1.82, 2.24) is 10.0 Å². The summed E-state index contributed by atoms with van der Waals surface area (Å²) in [4.78, 5) is 11.9. The molecular formula is C14H21ClN2O3S. The number of rotatable bonds is 8. The van der Waals surface area contributed by atoms with E-state index in [9.17, 15) is 13.2 Å². The zero-order valence-corrected chi connectivity index (χ0v) is 13.8. The molecule has 21 heavy (non-hydrogen) atoms. The topological polar surface area (TPSA) is 75.3 Å². The monoisotopic (exact) mass is 332 g/mol. The predicted molar refractivity (Wildman–Crippen MR) is 83.7 cm³/mol. The van der Waals surface area contributed by atoms with Crippen LogP contribution in [0.3, 0.4) is 0 Å². The number of carbonyl (C=O) groups is 1. The molecule has 0 radical (unpaired) electrons. The standard InChI is InChI=1S/C14H21ClN2O3S/c1-3-11(4-2)14(18)16-9-10-17-21(19,20)13-7-5-12(15)6-8-13/h5-8,11,17H,3-4,9-10H2,1-2H3,(H,16,18). The third kappa shape index (κ3) is 5.65. The first-order valence-electron chi connectivity index (χ1n) is 6.93. The van der Waals surface area contributed by atoms with Gasteiger partial charge in [0.1, 0.15) is 0 Å².